The van der Waals surface area contributed by atoms with E-state index in [0.717, 1.165) is 16.5 Å². The van der Waals surface area contributed by atoms with Gasteiger partial charge in [-0.3, -0.25) is 4.79 Å². The third-order valence-corrected chi connectivity index (χ3v) is 4.02. The number of benzene rings is 3. The maximum absolute atomic E-state index is 12.6. The van der Waals surface area contributed by atoms with E-state index in [1.54, 1.807) is 24.3 Å². The molecule has 3 nitrogen and oxygen atoms in total. The molecule has 24 heavy (non-hydrogen) atoms. The third kappa shape index (κ3) is 3.69. The van der Waals surface area contributed by atoms with E-state index in [0.29, 0.717) is 17.2 Å². The van der Waals surface area contributed by atoms with Crippen molar-refractivity contribution in [3.8, 4) is 5.75 Å². The molecular weight excluding hydrogens is 322 g/mol. The summed E-state index contributed by atoms with van der Waals surface area (Å²) in [5.41, 5.74) is 0.784. The zero-order valence-electron chi connectivity index (χ0n) is 13.3. The molecule has 1 N–H and O–H groups in total. The number of ether oxygens (including phenoxy) is 1. The van der Waals surface area contributed by atoms with Crippen LogP contribution in [-0.4, -0.2) is 12.0 Å². The van der Waals surface area contributed by atoms with Gasteiger partial charge < -0.3 is 10.1 Å². The molecule has 1 amide bonds. The van der Waals surface area contributed by atoms with E-state index >= 15 is 0 Å². The largest absolute Gasteiger partial charge is 0.481 e. The van der Waals surface area contributed by atoms with E-state index in [-0.39, 0.29) is 5.91 Å². The Kier molecular flexibility index (Phi) is 5.02. The summed E-state index contributed by atoms with van der Waals surface area (Å²) in [4.78, 5) is 12.6. The third-order valence-electron chi connectivity index (χ3n) is 3.79. The Morgan fingerprint density at radius 1 is 1.08 bits per heavy atom. The van der Waals surface area contributed by atoms with Gasteiger partial charge in [-0.1, -0.05) is 61.0 Å². The van der Waals surface area contributed by atoms with Gasteiger partial charge >= 0.3 is 0 Å². The van der Waals surface area contributed by atoms with E-state index in [1.165, 1.54) is 0 Å². The van der Waals surface area contributed by atoms with Crippen molar-refractivity contribution < 1.29 is 9.53 Å². The van der Waals surface area contributed by atoms with Crippen molar-refractivity contribution in [3.63, 3.8) is 0 Å². The molecule has 0 heterocycles. The number of halogens is 1. The molecular formula is C20H18ClNO2. The van der Waals surface area contributed by atoms with Gasteiger partial charge in [0, 0.05) is 16.1 Å². The molecule has 0 fully saturated rings. The lowest BCUT2D eigenvalue weighted by atomic mass is 10.1. The number of anilines is 1. The number of hydrogen-bond donors (Lipinski definition) is 1. The van der Waals surface area contributed by atoms with Crippen LogP contribution in [0.25, 0.3) is 10.8 Å². The van der Waals surface area contributed by atoms with Crippen molar-refractivity contribution in [1.29, 1.82) is 0 Å². The predicted molar refractivity (Wildman–Crippen MR) is 98.7 cm³/mol. The maximum Gasteiger partial charge on any atom is 0.265 e. The minimum atomic E-state index is -0.581. The minimum absolute atomic E-state index is 0.172. The molecule has 1 atom stereocenters. The van der Waals surface area contributed by atoms with Crippen LogP contribution in [0.5, 0.6) is 5.75 Å². The number of carbonyl (C=O) groups is 1. The summed E-state index contributed by atoms with van der Waals surface area (Å²) in [5.74, 6) is 0.413. The fourth-order valence-corrected chi connectivity index (χ4v) is 2.75. The van der Waals surface area contributed by atoms with Crippen molar-refractivity contribution in [1.82, 2.24) is 0 Å². The van der Waals surface area contributed by atoms with Crippen LogP contribution in [0.3, 0.4) is 0 Å². The van der Waals surface area contributed by atoms with Crippen molar-refractivity contribution in [2.45, 2.75) is 19.4 Å². The predicted octanol–water partition coefficient (Wildman–Crippen LogP) is 5.29. The van der Waals surface area contributed by atoms with Gasteiger partial charge in [0.2, 0.25) is 0 Å². The van der Waals surface area contributed by atoms with Crippen LogP contribution in [0.2, 0.25) is 5.02 Å². The highest BCUT2D eigenvalue weighted by molar-refractivity contribution is 6.30. The highest BCUT2D eigenvalue weighted by Crippen LogP contribution is 2.24. The van der Waals surface area contributed by atoms with E-state index in [4.69, 9.17) is 16.3 Å². The fourth-order valence-electron chi connectivity index (χ4n) is 2.57. The maximum atomic E-state index is 12.6. The average Bonchev–Trinajstić information content (AvgIpc) is 2.60. The standard InChI is InChI=1S/C20H18ClNO2/c1-2-19(24-16-10-6-9-15(21)13-16)20(23)22-18-12-5-8-14-7-3-4-11-17(14)18/h3-13,19H,2H2,1H3,(H,22,23)/t19-/m1/s1. The van der Waals surface area contributed by atoms with Crippen LogP contribution in [0.4, 0.5) is 5.69 Å². The molecule has 0 bridgehead atoms. The Hall–Kier alpha value is -2.52. The van der Waals surface area contributed by atoms with Crippen LogP contribution < -0.4 is 10.1 Å². The van der Waals surface area contributed by atoms with Gasteiger partial charge in [0.25, 0.3) is 5.91 Å². The monoisotopic (exact) mass is 339 g/mol. The quantitative estimate of drug-likeness (QED) is 0.686. The smallest absolute Gasteiger partial charge is 0.265 e. The Morgan fingerprint density at radius 3 is 2.62 bits per heavy atom. The zero-order chi connectivity index (χ0) is 16.9. The number of fused-ring (bicyclic) bond motifs is 1. The molecule has 0 aliphatic carbocycles. The van der Waals surface area contributed by atoms with Gasteiger partial charge in [-0.25, -0.2) is 0 Å². The van der Waals surface area contributed by atoms with Crippen LogP contribution >= 0.6 is 11.6 Å². The molecule has 3 rings (SSSR count). The summed E-state index contributed by atoms with van der Waals surface area (Å²) < 4.78 is 5.79. The second-order valence-electron chi connectivity index (χ2n) is 5.49. The molecule has 0 aliphatic heterocycles. The lowest BCUT2D eigenvalue weighted by molar-refractivity contribution is -0.122. The highest BCUT2D eigenvalue weighted by Gasteiger charge is 2.19. The fraction of sp³-hybridized carbons (Fsp3) is 0.150. The van der Waals surface area contributed by atoms with Crippen LogP contribution in [0.15, 0.2) is 66.7 Å². The Bertz CT molecular complexity index is 858. The second-order valence-corrected chi connectivity index (χ2v) is 5.92. The molecule has 122 valence electrons. The first-order valence-electron chi connectivity index (χ1n) is 7.88. The van der Waals surface area contributed by atoms with E-state index in [2.05, 4.69) is 5.32 Å². The van der Waals surface area contributed by atoms with Crippen molar-refractivity contribution in [2.75, 3.05) is 5.32 Å². The summed E-state index contributed by atoms with van der Waals surface area (Å²) in [6.45, 7) is 1.91. The first-order chi connectivity index (χ1) is 11.7. The molecule has 0 radical (unpaired) electrons. The summed E-state index contributed by atoms with van der Waals surface area (Å²) in [6, 6.07) is 20.8. The molecule has 3 aromatic carbocycles. The van der Waals surface area contributed by atoms with E-state index in [9.17, 15) is 4.79 Å². The van der Waals surface area contributed by atoms with Gasteiger partial charge in [0.1, 0.15) is 5.75 Å². The second kappa shape index (κ2) is 7.37. The lowest BCUT2D eigenvalue weighted by Crippen LogP contribution is -2.32. The van der Waals surface area contributed by atoms with Crippen molar-refractivity contribution in [2.24, 2.45) is 0 Å². The SMILES string of the molecule is CC[C@@H](Oc1cccc(Cl)c1)C(=O)Nc1cccc2ccccc12. The summed E-state index contributed by atoms with van der Waals surface area (Å²) in [6.07, 6.45) is -0.0224. The van der Waals surface area contributed by atoms with Gasteiger partial charge in [-0.05, 0) is 36.1 Å². The summed E-state index contributed by atoms with van der Waals surface area (Å²) in [5, 5.41) is 5.64. The van der Waals surface area contributed by atoms with Crippen molar-refractivity contribution in [3.05, 3.63) is 71.8 Å². The first-order valence-corrected chi connectivity index (χ1v) is 8.26. The molecule has 3 aromatic rings. The van der Waals surface area contributed by atoms with E-state index in [1.807, 2.05) is 49.4 Å². The van der Waals surface area contributed by atoms with Gasteiger partial charge in [0.05, 0.1) is 0 Å². The number of amides is 1. The average molecular weight is 340 g/mol. The lowest BCUT2D eigenvalue weighted by Gasteiger charge is -2.18. The topological polar surface area (TPSA) is 38.3 Å². The van der Waals surface area contributed by atoms with Gasteiger partial charge in [0.15, 0.2) is 6.10 Å². The molecule has 0 aromatic heterocycles. The summed E-state index contributed by atoms with van der Waals surface area (Å²) >= 11 is 5.97. The molecule has 0 saturated heterocycles. The minimum Gasteiger partial charge on any atom is -0.481 e. The number of carbonyl (C=O) groups excluding carboxylic acids is 1. The Labute approximate surface area is 146 Å². The van der Waals surface area contributed by atoms with Crippen LogP contribution in [0.1, 0.15) is 13.3 Å². The zero-order valence-corrected chi connectivity index (χ0v) is 14.1. The van der Waals surface area contributed by atoms with Gasteiger partial charge in [-0.15, -0.1) is 0 Å². The van der Waals surface area contributed by atoms with E-state index < -0.39 is 6.10 Å². The number of hydrogen-bond acceptors (Lipinski definition) is 2. The van der Waals surface area contributed by atoms with Crippen LogP contribution in [-0.2, 0) is 4.79 Å². The molecule has 0 unspecified atom stereocenters. The molecule has 0 saturated carbocycles. The van der Waals surface area contributed by atoms with Gasteiger partial charge in [-0.2, -0.15) is 0 Å². The molecule has 0 spiro atoms. The normalized spacial score (nSPS) is 11.9. The number of rotatable bonds is 5. The number of nitrogens with one attached hydrogen (secondary N) is 1. The first kappa shape index (κ1) is 16.3. The van der Waals surface area contributed by atoms with Crippen molar-refractivity contribution >= 4 is 34.0 Å². The van der Waals surface area contributed by atoms with Crippen LogP contribution in [0, 0.1) is 0 Å². The highest BCUT2D eigenvalue weighted by atomic mass is 35.5. The molecule has 4 heteroatoms. The summed E-state index contributed by atoms with van der Waals surface area (Å²) in [7, 11) is 0. The Morgan fingerprint density at radius 2 is 1.83 bits per heavy atom. The molecule has 0 aliphatic rings. The Balaban J connectivity index is 1.79.